The molecule has 1 N–H and O–H groups in total. The van der Waals surface area contributed by atoms with Gasteiger partial charge in [0.2, 0.25) is 0 Å². The number of carbonyl (C=O) groups is 1. The normalized spacial score (nSPS) is 14.4. The van der Waals surface area contributed by atoms with Crippen molar-refractivity contribution in [3.63, 3.8) is 0 Å². The highest BCUT2D eigenvalue weighted by molar-refractivity contribution is 5.69. The lowest BCUT2D eigenvalue weighted by Gasteiger charge is -2.26. The monoisotopic (exact) mass is 497 g/mol. The average molecular weight is 498 g/mol. The number of likely N-dealkylation sites (N-methyl/N-ethyl adjacent to an activating group) is 1. The number of alkyl halides is 2. The standard InChI is InChI=1S/C29H30F3NO3/c1-33(19-28(34)35)18-17-27(21-9-13-23(30)14-10-21)36-24-15-11-22(12-16-24)29(31,32)26-8-4-6-20-5-2-3-7-25(20)26/h4,6,8-16,27H,2-3,5,7,17-19H2,1H3,(H,34,35). The first kappa shape index (κ1) is 25.8. The minimum absolute atomic E-state index is 0.0685. The topological polar surface area (TPSA) is 49.8 Å². The van der Waals surface area contributed by atoms with E-state index in [1.54, 1.807) is 30.1 Å². The molecule has 3 aromatic rings. The third-order valence-corrected chi connectivity index (χ3v) is 6.65. The minimum Gasteiger partial charge on any atom is -0.486 e. The Morgan fingerprint density at radius 1 is 1.03 bits per heavy atom. The first-order valence-corrected chi connectivity index (χ1v) is 12.2. The molecule has 0 saturated heterocycles. The molecule has 4 rings (SSSR count). The number of aryl methyl sites for hydroxylation is 1. The molecule has 0 fully saturated rings. The second-order valence-corrected chi connectivity index (χ2v) is 9.33. The zero-order valence-corrected chi connectivity index (χ0v) is 20.2. The van der Waals surface area contributed by atoms with E-state index in [1.807, 2.05) is 6.07 Å². The maximum Gasteiger partial charge on any atom is 0.317 e. The van der Waals surface area contributed by atoms with E-state index >= 15 is 8.78 Å². The van der Waals surface area contributed by atoms with E-state index in [1.165, 1.54) is 42.5 Å². The number of benzene rings is 3. The van der Waals surface area contributed by atoms with Gasteiger partial charge in [0.1, 0.15) is 17.7 Å². The van der Waals surface area contributed by atoms with Gasteiger partial charge in [-0.3, -0.25) is 9.69 Å². The van der Waals surface area contributed by atoms with Crippen molar-refractivity contribution in [1.82, 2.24) is 4.90 Å². The zero-order chi connectivity index (χ0) is 25.7. The van der Waals surface area contributed by atoms with Crippen LogP contribution in [-0.4, -0.2) is 36.1 Å². The molecule has 1 atom stereocenters. The van der Waals surface area contributed by atoms with Gasteiger partial charge in [-0.25, -0.2) is 4.39 Å². The highest BCUT2D eigenvalue weighted by atomic mass is 19.3. The van der Waals surface area contributed by atoms with E-state index < -0.39 is 18.0 Å². The SMILES string of the molecule is CN(CCC(Oc1ccc(C(F)(F)c2cccc3c2CCCC3)cc1)c1ccc(F)cc1)CC(=O)O. The lowest BCUT2D eigenvalue weighted by molar-refractivity contribution is -0.138. The number of ether oxygens (including phenoxy) is 1. The van der Waals surface area contributed by atoms with Crippen LogP contribution >= 0.6 is 0 Å². The predicted octanol–water partition coefficient (Wildman–Crippen LogP) is 6.37. The first-order chi connectivity index (χ1) is 17.2. The van der Waals surface area contributed by atoms with Crippen molar-refractivity contribution >= 4 is 5.97 Å². The van der Waals surface area contributed by atoms with E-state index in [0.717, 1.165) is 30.4 Å². The van der Waals surface area contributed by atoms with Gasteiger partial charge < -0.3 is 9.84 Å². The maximum absolute atomic E-state index is 15.6. The van der Waals surface area contributed by atoms with Crippen molar-refractivity contribution in [3.8, 4) is 5.75 Å². The Labute approximate surface area is 209 Å². The molecule has 0 saturated carbocycles. The Balaban J connectivity index is 1.53. The molecule has 0 aromatic heterocycles. The highest BCUT2D eigenvalue weighted by Crippen LogP contribution is 2.41. The Morgan fingerprint density at radius 3 is 2.42 bits per heavy atom. The van der Waals surface area contributed by atoms with Gasteiger partial charge in [0.05, 0.1) is 6.54 Å². The van der Waals surface area contributed by atoms with Gasteiger partial charge in [-0.05, 0) is 85.8 Å². The van der Waals surface area contributed by atoms with Crippen LogP contribution in [0, 0.1) is 5.82 Å². The summed E-state index contributed by atoms with van der Waals surface area (Å²) >= 11 is 0. The van der Waals surface area contributed by atoms with Crippen LogP contribution in [0.2, 0.25) is 0 Å². The lowest BCUT2D eigenvalue weighted by atomic mass is 9.85. The Hall–Kier alpha value is -3.32. The minimum atomic E-state index is -3.13. The van der Waals surface area contributed by atoms with E-state index in [9.17, 15) is 9.18 Å². The van der Waals surface area contributed by atoms with Crippen molar-refractivity contribution < 1.29 is 27.8 Å². The van der Waals surface area contributed by atoms with Crippen molar-refractivity contribution in [2.24, 2.45) is 0 Å². The van der Waals surface area contributed by atoms with E-state index in [-0.39, 0.29) is 23.5 Å². The zero-order valence-electron chi connectivity index (χ0n) is 20.2. The largest absolute Gasteiger partial charge is 0.486 e. The van der Waals surface area contributed by atoms with Crippen molar-refractivity contribution in [2.75, 3.05) is 20.1 Å². The number of hydrogen-bond acceptors (Lipinski definition) is 3. The molecule has 1 unspecified atom stereocenters. The fourth-order valence-electron chi connectivity index (χ4n) is 4.76. The molecule has 0 spiro atoms. The number of fused-ring (bicyclic) bond motifs is 1. The number of carboxylic acid groups (broad SMARTS) is 1. The third kappa shape index (κ3) is 6.08. The fraction of sp³-hybridized carbons (Fsp3) is 0.345. The summed E-state index contributed by atoms with van der Waals surface area (Å²) in [5.74, 6) is -4.04. The van der Waals surface area contributed by atoms with Gasteiger partial charge in [0.25, 0.3) is 5.92 Å². The second-order valence-electron chi connectivity index (χ2n) is 9.33. The summed E-state index contributed by atoms with van der Waals surface area (Å²) in [6, 6.07) is 16.9. The van der Waals surface area contributed by atoms with Crippen LogP contribution in [0.1, 0.15) is 53.2 Å². The summed E-state index contributed by atoms with van der Waals surface area (Å²) in [7, 11) is 1.69. The van der Waals surface area contributed by atoms with Crippen LogP contribution in [0.3, 0.4) is 0 Å². The number of carboxylic acids is 1. The molecule has 0 amide bonds. The Morgan fingerprint density at radius 2 is 1.72 bits per heavy atom. The van der Waals surface area contributed by atoms with Gasteiger partial charge in [0.15, 0.2) is 0 Å². The number of nitrogens with zero attached hydrogens (tertiary/aromatic N) is 1. The Bertz CT molecular complexity index is 1180. The van der Waals surface area contributed by atoms with E-state index in [0.29, 0.717) is 30.7 Å². The summed E-state index contributed by atoms with van der Waals surface area (Å²) in [6.07, 6.45) is 3.36. The number of rotatable bonds is 10. The molecule has 4 nitrogen and oxygen atoms in total. The Kier molecular flexibility index (Phi) is 7.99. The summed E-state index contributed by atoms with van der Waals surface area (Å²) in [5.41, 5.74) is 2.45. The molecule has 3 aromatic carbocycles. The van der Waals surface area contributed by atoms with Crippen LogP contribution in [-0.2, 0) is 23.6 Å². The molecule has 7 heteroatoms. The molecule has 0 bridgehead atoms. The van der Waals surface area contributed by atoms with Gasteiger partial charge >= 0.3 is 5.97 Å². The quantitative estimate of drug-likeness (QED) is 0.354. The number of halogens is 3. The molecule has 0 heterocycles. The van der Waals surface area contributed by atoms with Crippen LogP contribution < -0.4 is 4.74 Å². The summed E-state index contributed by atoms with van der Waals surface area (Å²) < 4.78 is 50.7. The van der Waals surface area contributed by atoms with E-state index in [2.05, 4.69) is 0 Å². The third-order valence-electron chi connectivity index (χ3n) is 6.65. The molecule has 0 aliphatic heterocycles. The van der Waals surface area contributed by atoms with Gasteiger partial charge in [0, 0.05) is 24.1 Å². The average Bonchev–Trinajstić information content (AvgIpc) is 2.86. The van der Waals surface area contributed by atoms with Crippen LogP contribution in [0.15, 0.2) is 66.7 Å². The number of aliphatic carboxylic acids is 1. The molecular weight excluding hydrogens is 467 g/mol. The predicted molar refractivity (Wildman–Crippen MR) is 132 cm³/mol. The first-order valence-electron chi connectivity index (χ1n) is 12.2. The van der Waals surface area contributed by atoms with Crippen LogP contribution in [0.4, 0.5) is 13.2 Å². The summed E-state index contributed by atoms with van der Waals surface area (Å²) in [5, 5.41) is 9.00. The van der Waals surface area contributed by atoms with Crippen molar-refractivity contribution in [1.29, 1.82) is 0 Å². The maximum atomic E-state index is 15.6. The lowest BCUT2D eigenvalue weighted by Crippen LogP contribution is -2.28. The highest BCUT2D eigenvalue weighted by Gasteiger charge is 2.37. The summed E-state index contributed by atoms with van der Waals surface area (Å²) in [6.45, 7) is 0.298. The van der Waals surface area contributed by atoms with Crippen molar-refractivity contribution in [2.45, 2.75) is 44.1 Å². The molecule has 36 heavy (non-hydrogen) atoms. The van der Waals surface area contributed by atoms with Crippen LogP contribution in [0.5, 0.6) is 5.75 Å². The molecule has 1 aliphatic rings. The van der Waals surface area contributed by atoms with Gasteiger partial charge in [-0.1, -0.05) is 30.3 Å². The number of hydrogen-bond donors (Lipinski definition) is 1. The molecule has 0 radical (unpaired) electrons. The molecular formula is C29H30F3NO3. The smallest absolute Gasteiger partial charge is 0.317 e. The van der Waals surface area contributed by atoms with Gasteiger partial charge in [-0.2, -0.15) is 8.78 Å². The van der Waals surface area contributed by atoms with Crippen LogP contribution in [0.25, 0.3) is 0 Å². The molecule has 1 aliphatic carbocycles. The van der Waals surface area contributed by atoms with Gasteiger partial charge in [-0.15, -0.1) is 0 Å². The van der Waals surface area contributed by atoms with Crippen molar-refractivity contribution in [3.05, 3.63) is 100 Å². The summed E-state index contributed by atoms with van der Waals surface area (Å²) in [4.78, 5) is 12.6. The van der Waals surface area contributed by atoms with E-state index in [4.69, 9.17) is 9.84 Å². The fourth-order valence-corrected chi connectivity index (χ4v) is 4.76. The second kappa shape index (κ2) is 11.2. The molecule has 190 valence electrons.